The summed E-state index contributed by atoms with van der Waals surface area (Å²) in [5, 5.41) is 48.6. The Morgan fingerprint density at radius 2 is 1.81 bits per heavy atom. The third kappa shape index (κ3) is 5.45. The van der Waals surface area contributed by atoms with Gasteiger partial charge >= 0.3 is 0 Å². The van der Waals surface area contributed by atoms with Gasteiger partial charge in [-0.2, -0.15) is 9.98 Å². The number of allylic oxidation sites excluding steroid dienone is 1. The minimum atomic E-state index is -4.46. The number of aliphatic hydroxyl groups is 4. The number of aliphatic hydroxyl groups excluding tert-OH is 4. The van der Waals surface area contributed by atoms with Gasteiger partial charge in [-0.1, -0.05) is 12.1 Å². The molecule has 2 saturated heterocycles. The monoisotopic (exact) mass is 468 g/mol. The van der Waals surface area contributed by atoms with Crippen LogP contribution >= 0.6 is 0 Å². The van der Waals surface area contributed by atoms with Crippen molar-refractivity contribution in [3.8, 4) is 6.07 Å². The third-order valence-electron chi connectivity index (χ3n) is 5.65. The normalized spacial score (nSPS) is 30.2. The largest absolute Gasteiger partial charge is 0.394 e. The molecule has 11 nitrogen and oxygen atoms in total. The number of ether oxygens (including phenoxy) is 1. The first kappa shape index (κ1) is 24.6. The summed E-state index contributed by atoms with van der Waals surface area (Å²) in [6, 6.07) is 7.07. The lowest BCUT2D eigenvalue weighted by atomic mass is 9.98. The van der Waals surface area contributed by atoms with Crippen LogP contribution in [0.5, 0.6) is 0 Å². The van der Waals surface area contributed by atoms with Crippen LogP contribution in [-0.4, -0.2) is 104 Å². The van der Waals surface area contributed by atoms with E-state index in [0.717, 1.165) is 31.9 Å². The van der Waals surface area contributed by atoms with Gasteiger partial charge in [-0.05, 0) is 30.8 Å². The SMILES string of the molecule is CN1CCN(c2ccc(/C=C(\C#N)S(=O)(=O)N[C@H]3C(O)O[C@H](CO)[C@@H](O)[C@@H]3O)cc2)CC1. The summed E-state index contributed by atoms with van der Waals surface area (Å²) < 4.78 is 32.4. The lowest BCUT2D eigenvalue weighted by molar-refractivity contribution is -0.251. The number of nitrogens with zero attached hydrogens (tertiary/aromatic N) is 3. The van der Waals surface area contributed by atoms with E-state index in [-0.39, 0.29) is 0 Å². The summed E-state index contributed by atoms with van der Waals surface area (Å²) in [5.41, 5.74) is 1.47. The van der Waals surface area contributed by atoms with Crippen LogP contribution in [0.4, 0.5) is 5.69 Å². The van der Waals surface area contributed by atoms with Gasteiger partial charge in [-0.15, -0.1) is 0 Å². The molecule has 32 heavy (non-hydrogen) atoms. The molecule has 1 unspecified atom stereocenters. The molecule has 5 atom stereocenters. The van der Waals surface area contributed by atoms with Gasteiger partial charge < -0.3 is 35.0 Å². The molecule has 0 radical (unpaired) electrons. The van der Waals surface area contributed by atoms with Crippen LogP contribution in [0.25, 0.3) is 6.08 Å². The zero-order valence-electron chi connectivity index (χ0n) is 17.6. The maximum Gasteiger partial charge on any atom is 0.251 e. The van der Waals surface area contributed by atoms with Gasteiger partial charge in [0, 0.05) is 31.9 Å². The fourth-order valence-electron chi connectivity index (χ4n) is 3.63. The molecule has 1 aromatic carbocycles. The fourth-order valence-corrected chi connectivity index (χ4v) is 4.79. The molecule has 2 aliphatic rings. The van der Waals surface area contributed by atoms with E-state index in [4.69, 9.17) is 9.84 Å². The molecular weight excluding hydrogens is 440 g/mol. The van der Waals surface area contributed by atoms with Gasteiger partial charge in [0.1, 0.15) is 30.4 Å². The second-order valence-corrected chi connectivity index (χ2v) is 9.56. The summed E-state index contributed by atoms with van der Waals surface area (Å²) in [4.78, 5) is 3.81. The minimum absolute atomic E-state index is 0.478. The Kier molecular flexibility index (Phi) is 7.86. The van der Waals surface area contributed by atoms with E-state index in [2.05, 4.69) is 16.8 Å². The number of sulfonamides is 1. The Hall–Kier alpha value is -2.08. The molecule has 5 N–H and O–H groups in total. The Labute approximate surface area is 186 Å². The Bertz CT molecular complexity index is 955. The van der Waals surface area contributed by atoms with Crippen molar-refractivity contribution in [2.24, 2.45) is 0 Å². The average Bonchev–Trinajstić information content (AvgIpc) is 2.78. The highest BCUT2D eigenvalue weighted by molar-refractivity contribution is 7.93. The number of hydrogen-bond donors (Lipinski definition) is 5. The standard InChI is InChI=1S/C20H28N4O7S/c1-23-6-8-24(9-7-23)14-4-2-13(3-5-14)10-15(11-21)32(29,30)22-17-19(27)18(26)16(12-25)31-20(17)28/h2-5,10,16-20,22,25-28H,6-9,12H2,1H3/b15-10+/t16-,17-,18-,19-,20?/m1/s1. The number of piperazine rings is 1. The highest BCUT2D eigenvalue weighted by Gasteiger charge is 2.45. The van der Waals surface area contributed by atoms with Crippen molar-refractivity contribution in [1.29, 1.82) is 5.26 Å². The van der Waals surface area contributed by atoms with E-state index in [1.54, 1.807) is 18.2 Å². The van der Waals surface area contributed by atoms with Gasteiger partial charge in [-0.25, -0.2) is 8.42 Å². The molecule has 2 aliphatic heterocycles. The Morgan fingerprint density at radius 1 is 1.19 bits per heavy atom. The van der Waals surface area contributed by atoms with E-state index in [1.165, 1.54) is 6.08 Å². The van der Waals surface area contributed by atoms with Crippen molar-refractivity contribution in [3.63, 3.8) is 0 Å². The molecule has 12 heteroatoms. The number of benzene rings is 1. The number of likely N-dealkylation sites (N-methyl/N-ethyl adjacent to an activating group) is 1. The lowest BCUT2D eigenvalue weighted by Crippen LogP contribution is -2.64. The first-order valence-corrected chi connectivity index (χ1v) is 11.6. The Balaban J connectivity index is 1.74. The van der Waals surface area contributed by atoms with Crippen molar-refractivity contribution in [3.05, 3.63) is 34.7 Å². The number of hydrogen-bond acceptors (Lipinski definition) is 10. The molecule has 2 heterocycles. The van der Waals surface area contributed by atoms with Crippen molar-refractivity contribution < 1.29 is 33.6 Å². The van der Waals surface area contributed by atoms with E-state index in [1.807, 2.05) is 16.9 Å². The minimum Gasteiger partial charge on any atom is -0.394 e. The van der Waals surface area contributed by atoms with Crippen LogP contribution in [0.2, 0.25) is 0 Å². The van der Waals surface area contributed by atoms with E-state index in [0.29, 0.717) is 5.56 Å². The molecule has 176 valence electrons. The van der Waals surface area contributed by atoms with Crippen molar-refractivity contribution >= 4 is 21.8 Å². The molecule has 0 aliphatic carbocycles. The van der Waals surface area contributed by atoms with Crippen molar-refractivity contribution in [1.82, 2.24) is 9.62 Å². The van der Waals surface area contributed by atoms with Crippen LogP contribution in [0.3, 0.4) is 0 Å². The molecule has 1 aromatic rings. The van der Waals surface area contributed by atoms with E-state index in [9.17, 15) is 29.0 Å². The van der Waals surface area contributed by atoms with Gasteiger partial charge in [0.05, 0.1) is 6.61 Å². The van der Waals surface area contributed by atoms with Gasteiger partial charge in [-0.3, -0.25) is 0 Å². The highest BCUT2D eigenvalue weighted by Crippen LogP contribution is 2.23. The van der Waals surface area contributed by atoms with Crippen molar-refractivity contribution in [2.75, 3.05) is 44.7 Å². The molecular formula is C20H28N4O7S. The quantitative estimate of drug-likeness (QED) is 0.295. The smallest absolute Gasteiger partial charge is 0.251 e. The Morgan fingerprint density at radius 3 is 2.38 bits per heavy atom. The summed E-state index contributed by atoms with van der Waals surface area (Å²) in [5.74, 6) is 0. The predicted molar refractivity (Wildman–Crippen MR) is 116 cm³/mol. The van der Waals surface area contributed by atoms with Crippen molar-refractivity contribution in [2.45, 2.75) is 30.6 Å². The number of nitriles is 1. The predicted octanol–water partition coefficient (Wildman–Crippen LogP) is -1.98. The van der Waals surface area contributed by atoms with Crippen LogP contribution in [0, 0.1) is 11.3 Å². The van der Waals surface area contributed by atoms with E-state index < -0.39 is 52.2 Å². The van der Waals surface area contributed by atoms with Gasteiger partial charge in [0.25, 0.3) is 10.0 Å². The molecule has 2 fully saturated rings. The summed E-state index contributed by atoms with van der Waals surface area (Å²) in [6.45, 7) is 2.97. The fraction of sp³-hybridized carbons (Fsp3) is 0.550. The van der Waals surface area contributed by atoms with Crippen LogP contribution in [0.1, 0.15) is 5.56 Å². The third-order valence-corrected chi connectivity index (χ3v) is 7.02. The average molecular weight is 469 g/mol. The second kappa shape index (κ2) is 10.2. The van der Waals surface area contributed by atoms with E-state index >= 15 is 0 Å². The zero-order chi connectivity index (χ0) is 23.5. The lowest BCUT2D eigenvalue weighted by Gasteiger charge is -2.40. The van der Waals surface area contributed by atoms with Crippen LogP contribution in [0.15, 0.2) is 29.2 Å². The molecule has 0 amide bonds. The highest BCUT2D eigenvalue weighted by atomic mass is 32.2. The zero-order valence-corrected chi connectivity index (χ0v) is 18.4. The maximum atomic E-state index is 12.7. The number of nitrogens with one attached hydrogen (secondary N) is 1. The van der Waals surface area contributed by atoms with Gasteiger partial charge in [0.2, 0.25) is 0 Å². The topological polar surface area (TPSA) is 167 Å². The summed E-state index contributed by atoms with van der Waals surface area (Å²) in [7, 11) is -2.40. The maximum absolute atomic E-state index is 12.7. The van der Waals surface area contributed by atoms with Crippen LogP contribution in [-0.2, 0) is 14.8 Å². The molecule has 3 rings (SSSR count). The molecule has 0 spiro atoms. The molecule has 0 aromatic heterocycles. The first-order valence-electron chi connectivity index (χ1n) is 10.1. The van der Waals surface area contributed by atoms with Gasteiger partial charge in [0.15, 0.2) is 11.2 Å². The first-order chi connectivity index (χ1) is 15.2. The summed E-state index contributed by atoms with van der Waals surface area (Å²) in [6.07, 6.45) is -5.32. The number of rotatable bonds is 6. The number of anilines is 1. The summed E-state index contributed by atoms with van der Waals surface area (Å²) >= 11 is 0. The molecule has 0 saturated carbocycles. The second-order valence-electron chi connectivity index (χ2n) is 7.88. The van der Waals surface area contributed by atoms with Crippen LogP contribution < -0.4 is 9.62 Å². The molecule has 0 bridgehead atoms.